The molecule has 8 rings (SSSR count). The SMILES string of the molecule is [Se]=P(CCP(=[Se])(c1ccccc1)c1ccccc1)(c1ccccc1)c1ccccc1.[Se]=P(CCP(=[Se])(c1ccccc1)c1ccccc1)(c1ccccc1)c1ccccc1. The van der Waals surface area contributed by atoms with Crippen molar-refractivity contribution in [1.29, 1.82) is 0 Å². The normalized spacial score (nSPS) is 11.9. The summed E-state index contributed by atoms with van der Waals surface area (Å²) in [6.45, 7) is 0. The first-order valence-corrected chi connectivity index (χ1v) is 36.8. The molecule has 8 aromatic carbocycles. The zero-order valence-corrected chi connectivity index (χ0v) is 43.8. The molecule has 0 bridgehead atoms. The van der Waals surface area contributed by atoms with Crippen LogP contribution in [-0.4, -0.2) is 85.0 Å². The summed E-state index contributed by atoms with van der Waals surface area (Å²) in [6.07, 6.45) is 4.52. The van der Waals surface area contributed by atoms with Gasteiger partial charge in [0.25, 0.3) is 0 Å². The molecule has 0 fully saturated rings. The molecule has 8 heteroatoms. The van der Waals surface area contributed by atoms with Crippen LogP contribution in [-0.2, 0) is 0 Å². The van der Waals surface area contributed by atoms with Crippen molar-refractivity contribution in [2.45, 2.75) is 0 Å². The van der Waals surface area contributed by atoms with E-state index in [1.807, 2.05) is 0 Å². The minimum absolute atomic E-state index is 1.13. The Kier molecular flexibility index (Phi) is 16.5. The van der Waals surface area contributed by atoms with Gasteiger partial charge in [0.15, 0.2) is 0 Å². The monoisotopic (exact) mass is 1120 g/mol. The Labute approximate surface area is 388 Å². The van der Waals surface area contributed by atoms with E-state index in [4.69, 9.17) is 0 Å². The van der Waals surface area contributed by atoms with Gasteiger partial charge in [0.1, 0.15) is 0 Å². The summed E-state index contributed by atoms with van der Waals surface area (Å²) >= 11 is 14.9. The second-order valence-corrected chi connectivity index (χ2v) is 42.1. The Morgan fingerprint density at radius 1 is 0.183 bits per heavy atom. The van der Waals surface area contributed by atoms with E-state index in [1.54, 1.807) is 0 Å². The van der Waals surface area contributed by atoms with E-state index < -0.39 is 22.0 Å². The molecule has 0 aliphatic carbocycles. The van der Waals surface area contributed by atoms with Gasteiger partial charge in [0, 0.05) is 0 Å². The number of hydrogen-bond donors (Lipinski definition) is 0. The van der Waals surface area contributed by atoms with E-state index >= 15 is 0 Å². The van der Waals surface area contributed by atoms with Gasteiger partial charge in [-0.05, 0) is 0 Å². The molecule has 0 nitrogen and oxygen atoms in total. The maximum absolute atomic E-state index is 3.71. The molecule has 60 heavy (non-hydrogen) atoms. The first kappa shape index (κ1) is 45.6. The van der Waals surface area contributed by atoms with Crippen molar-refractivity contribution in [3.05, 3.63) is 243 Å². The molecule has 0 saturated carbocycles. The molecule has 0 atom stereocenters. The third kappa shape index (κ3) is 10.8. The zero-order chi connectivity index (χ0) is 41.7. The van der Waals surface area contributed by atoms with Crippen LogP contribution in [0.5, 0.6) is 0 Å². The van der Waals surface area contributed by atoms with Crippen LogP contribution in [0.2, 0.25) is 0 Å². The molecule has 0 aromatic heterocycles. The average Bonchev–Trinajstić information content (AvgIpc) is 3.34. The molecule has 0 aliphatic heterocycles. The van der Waals surface area contributed by atoms with Gasteiger partial charge in [-0.15, -0.1) is 0 Å². The van der Waals surface area contributed by atoms with E-state index in [1.165, 1.54) is 42.4 Å². The van der Waals surface area contributed by atoms with Crippen molar-refractivity contribution in [3.8, 4) is 0 Å². The Hall–Kier alpha value is -2.44. The summed E-state index contributed by atoms with van der Waals surface area (Å²) in [6, 6.07) is 88.2. The van der Waals surface area contributed by atoms with Crippen molar-refractivity contribution >= 4 is 125 Å². The van der Waals surface area contributed by atoms with Crippen molar-refractivity contribution < 1.29 is 0 Å². The van der Waals surface area contributed by atoms with Crippen molar-refractivity contribution in [1.82, 2.24) is 0 Å². The number of benzene rings is 8. The van der Waals surface area contributed by atoms with Crippen LogP contribution in [0.1, 0.15) is 0 Å². The standard InChI is InChI=1S/2C26H24P2Se2/c2*29-27(23-13-5-1-6-14-23,24-15-7-2-8-16-24)21-22-28(30,25-17-9-3-10-18-25)26-19-11-4-12-20-26/h2*1-20H,21-22H2. The predicted molar refractivity (Wildman–Crippen MR) is 279 cm³/mol. The average molecular weight is 1110 g/mol. The summed E-state index contributed by atoms with van der Waals surface area (Å²) in [5.74, 6) is 0. The predicted octanol–water partition coefficient (Wildman–Crippen LogP) is 8.98. The molecule has 0 radical (unpaired) electrons. The number of rotatable bonds is 14. The van der Waals surface area contributed by atoms with Gasteiger partial charge < -0.3 is 0 Å². The summed E-state index contributed by atoms with van der Waals surface area (Å²) in [4.78, 5) is 0. The van der Waals surface area contributed by atoms with Crippen molar-refractivity contribution in [2.75, 3.05) is 24.6 Å². The van der Waals surface area contributed by atoms with Gasteiger partial charge >= 0.3 is 392 Å². The molecule has 0 heterocycles. The molecular weight excluding hydrogens is 1060 g/mol. The van der Waals surface area contributed by atoms with Crippen LogP contribution in [0.4, 0.5) is 0 Å². The molecule has 8 aromatic rings. The van der Waals surface area contributed by atoms with Gasteiger partial charge in [-0.25, -0.2) is 0 Å². The Morgan fingerprint density at radius 3 is 0.383 bits per heavy atom. The first-order chi connectivity index (χ1) is 29.3. The van der Waals surface area contributed by atoms with Gasteiger partial charge in [0.05, 0.1) is 0 Å². The molecule has 0 unspecified atom stereocenters. The molecule has 0 saturated heterocycles. The topological polar surface area (TPSA) is 0 Å². The molecule has 0 amide bonds. The van der Waals surface area contributed by atoms with Gasteiger partial charge in [-0.2, -0.15) is 0 Å². The van der Waals surface area contributed by atoms with Crippen LogP contribution in [0.15, 0.2) is 243 Å². The third-order valence-corrected chi connectivity index (χ3v) is 39.2. The molecule has 0 aliphatic rings. The summed E-state index contributed by atoms with van der Waals surface area (Å²) in [5, 5.41) is 11.5. The zero-order valence-electron chi connectivity index (χ0n) is 33.3. The third-order valence-electron chi connectivity index (χ3n) is 10.8. The van der Waals surface area contributed by atoms with Crippen molar-refractivity contribution in [3.63, 3.8) is 0 Å². The van der Waals surface area contributed by atoms with E-state index in [0.717, 1.165) is 24.6 Å². The Balaban J connectivity index is 0.000000181. The van der Waals surface area contributed by atoms with Gasteiger partial charge in [-0.1, -0.05) is 0 Å². The summed E-state index contributed by atoms with van der Waals surface area (Å²) < 4.78 is 0. The molecule has 300 valence electrons. The molecule has 0 N–H and O–H groups in total. The molecular formula is C52H48P4Se4. The van der Waals surface area contributed by atoms with Crippen LogP contribution >= 0.6 is 22.0 Å². The van der Waals surface area contributed by atoms with Crippen LogP contribution in [0.25, 0.3) is 0 Å². The van der Waals surface area contributed by atoms with Crippen molar-refractivity contribution in [2.24, 2.45) is 0 Å². The van der Waals surface area contributed by atoms with Crippen LogP contribution < -0.4 is 42.4 Å². The van der Waals surface area contributed by atoms with Gasteiger partial charge in [-0.3, -0.25) is 0 Å². The molecule has 0 spiro atoms. The Morgan fingerprint density at radius 2 is 0.283 bits per heavy atom. The number of hydrogen-bond acceptors (Lipinski definition) is 0. The Bertz CT molecular complexity index is 2180. The first-order valence-electron chi connectivity index (χ1n) is 20.1. The van der Waals surface area contributed by atoms with Crippen LogP contribution in [0, 0.1) is 0 Å². The fourth-order valence-corrected chi connectivity index (χ4v) is 32.8. The second-order valence-electron chi connectivity index (χ2n) is 14.5. The fraction of sp³-hybridized carbons (Fsp3) is 0.0769. The second kappa shape index (κ2) is 21.8. The quantitative estimate of drug-likeness (QED) is 0.0755. The van der Waals surface area contributed by atoms with E-state index in [0.29, 0.717) is 0 Å². The fourth-order valence-electron chi connectivity index (χ4n) is 7.54. The van der Waals surface area contributed by atoms with E-state index in [9.17, 15) is 0 Å². The maximum atomic E-state index is 3.71. The van der Waals surface area contributed by atoms with Gasteiger partial charge in [0.2, 0.25) is 0 Å². The summed E-state index contributed by atoms with van der Waals surface area (Å²) in [7, 11) is 0. The van der Waals surface area contributed by atoms with E-state index in [-0.39, 0.29) is 0 Å². The summed E-state index contributed by atoms with van der Waals surface area (Å²) in [5.41, 5.74) is -6.51. The van der Waals surface area contributed by atoms with Crippen LogP contribution in [0.3, 0.4) is 0 Å². The minimum atomic E-state index is -1.63. The van der Waals surface area contributed by atoms with E-state index in [2.05, 4.69) is 303 Å².